The highest BCUT2D eigenvalue weighted by Gasteiger charge is 2.18. The number of benzene rings is 1. The molecule has 0 aliphatic heterocycles. The van der Waals surface area contributed by atoms with Gasteiger partial charge in [0.15, 0.2) is 0 Å². The third kappa shape index (κ3) is 1.81. The van der Waals surface area contributed by atoms with Crippen LogP contribution < -0.4 is 0 Å². The van der Waals surface area contributed by atoms with Crippen LogP contribution in [0.15, 0.2) is 18.2 Å². The van der Waals surface area contributed by atoms with Crippen LogP contribution in [-0.4, -0.2) is 15.2 Å². The van der Waals surface area contributed by atoms with Crippen LogP contribution in [0.1, 0.15) is 11.3 Å². The van der Waals surface area contributed by atoms with E-state index in [1.165, 1.54) is 6.07 Å². The monoisotopic (exact) mass is 248 g/mol. The van der Waals surface area contributed by atoms with E-state index in [-0.39, 0.29) is 17.2 Å². The lowest BCUT2D eigenvalue weighted by molar-refractivity contribution is 0.455. The molecule has 0 saturated carbocycles. The van der Waals surface area contributed by atoms with Crippen molar-refractivity contribution >= 4 is 11.6 Å². The predicted octanol–water partition coefficient (Wildman–Crippen LogP) is 2.93. The first-order valence-electron chi connectivity index (χ1n) is 4.85. The van der Waals surface area contributed by atoms with Gasteiger partial charge in [0.1, 0.15) is 5.75 Å². The molecule has 4 nitrogen and oxygen atoms in total. The molecule has 17 heavy (non-hydrogen) atoms. The molecular formula is C12H9ClN2O2. The molecule has 0 fully saturated rings. The average molecular weight is 249 g/mol. The molecule has 1 aromatic heterocycles. The zero-order valence-electron chi connectivity index (χ0n) is 8.95. The van der Waals surface area contributed by atoms with Gasteiger partial charge in [0.05, 0.1) is 27.9 Å². The number of halogens is 1. The lowest BCUT2D eigenvalue weighted by Gasteiger charge is -2.04. The molecule has 2 aromatic rings. The van der Waals surface area contributed by atoms with Crippen LogP contribution in [0.5, 0.6) is 11.6 Å². The average Bonchev–Trinajstić information content (AvgIpc) is 2.54. The number of aromatic hydroxyl groups is 2. The third-order valence-corrected chi connectivity index (χ3v) is 2.81. The highest BCUT2D eigenvalue weighted by molar-refractivity contribution is 6.33. The fraction of sp³-hybridized carbons (Fsp3) is 0.0833. The Morgan fingerprint density at radius 3 is 2.53 bits per heavy atom. The topological polar surface area (TPSA) is 80.0 Å². The van der Waals surface area contributed by atoms with Crippen molar-refractivity contribution < 1.29 is 10.2 Å². The maximum atomic E-state index is 9.81. The first kappa shape index (κ1) is 11.4. The van der Waals surface area contributed by atoms with Crippen LogP contribution in [0, 0.1) is 18.3 Å². The zero-order valence-corrected chi connectivity index (χ0v) is 9.71. The third-order valence-electron chi connectivity index (χ3n) is 2.50. The normalized spacial score (nSPS) is 10.2. The summed E-state index contributed by atoms with van der Waals surface area (Å²) in [7, 11) is 0. The summed E-state index contributed by atoms with van der Waals surface area (Å²) in [5, 5.41) is 28.5. The lowest BCUT2D eigenvalue weighted by Crippen LogP contribution is -1.81. The SMILES string of the molecule is Cc1[nH]c(O)c(-c2ccc(C#N)cc2Cl)c1O. The van der Waals surface area contributed by atoms with E-state index in [1.54, 1.807) is 19.1 Å². The van der Waals surface area contributed by atoms with Gasteiger partial charge in [0.25, 0.3) is 0 Å². The van der Waals surface area contributed by atoms with Crippen LogP contribution >= 0.6 is 11.6 Å². The number of H-pyrrole nitrogens is 1. The minimum absolute atomic E-state index is 0.0471. The van der Waals surface area contributed by atoms with E-state index in [1.807, 2.05) is 6.07 Å². The molecule has 1 heterocycles. The Morgan fingerprint density at radius 1 is 1.35 bits per heavy atom. The smallest absolute Gasteiger partial charge is 0.200 e. The van der Waals surface area contributed by atoms with Gasteiger partial charge in [-0.3, -0.25) is 0 Å². The van der Waals surface area contributed by atoms with Crippen LogP contribution in [0.3, 0.4) is 0 Å². The molecular weight excluding hydrogens is 240 g/mol. The van der Waals surface area contributed by atoms with Gasteiger partial charge >= 0.3 is 0 Å². The van der Waals surface area contributed by atoms with Crippen molar-refractivity contribution in [2.75, 3.05) is 0 Å². The van der Waals surface area contributed by atoms with Gasteiger partial charge in [-0.25, -0.2) is 0 Å². The molecule has 86 valence electrons. The molecule has 3 N–H and O–H groups in total. The van der Waals surface area contributed by atoms with Crippen molar-refractivity contribution in [3.63, 3.8) is 0 Å². The van der Waals surface area contributed by atoms with E-state index < -0.39 is 0 Å². The second-order valence-electron chi connectivity index (χ2n) is 3.63. The van der Waals surface area contributed by atoms with E-state index in [0.29, 0.717) is 21.8 Å². The fourth-order valence-corrected chi connectivity index (χ4v) is 1.92. The molecule has 0 aliphatic carbocycles. The predicted molar refractivity (Wildman–Crippen MR) is 64.0 cm³/mol. The van der Waals surface area contributed by atoms with E-state index in [4.69, 9.17) is 16.9 Å². The van der Waals surface area contributed by atoms with E-state index in [9.17, 15) is 10.2 Å². The fourth-order valence-electron chi connectivity index (χ4n) is 1.64. The Balaban J connectivity index is 2.66. The van der Waals surface area contributed by atoms with Crippen molar-refractivity contribution in [3.05, 3.63) is 34.5 Å². The Hall–Kier alpha value is -2.12. The van der Waals surface area contributed by atoms with Crippen molar-refractivity contribution in [2.24, 2.45) is 0 Å². The maximum absolute atomic E-state index is 9.81. The quantitative estimate of drug-likeness (QED) is 0.726. The van der Waals surface area contributed by atoms with Gasteiger partial charge in [-0.15, -0.1) is 0 Å². The standard InChI is InChI=1S/C12H9ClN2O2/c1-6-11(16)10(12(17)15-6)8-3-2-7(5-14)4-9(8)13/h2-4,15-17H,1H3. The van der Waals surface area contributed by atoms with Crippen LogP contribution in [0.4, 0.5) is 0 Å². The molecule has 0 spiro atoms. The number of nitrogens with zero attached hydrogens (tertiary/aromatic N) is 1. The first-order valence-corrected chi connectivity index (χ1v) is 5.23. The number of rotatable bonds is 1. The molecule has 5 heteroatoms. The summed E-state index contributed by atoms with van der Waals surface area (Å²) in [5.74, 6) is -0.194. The second kappa shape index (κ2) is 4.04. The summed E-state index contributed by atoms with van der Waals surface area (Å²) in [4.78, 5) is 2.61. The van der Waals surface area contributed by atoms with E-state index in [2.05, 4.69) is 4.98 Å². The van der Waals surface area contributed by atoms with Gasteiger partial charge in [0.2, 0.25) is 5.88 Å². The number of aryl methyl sites for hydroxylation is 1. The zero-order chi connectivity index (χ0) is 12.6. The van der Waals surface area contributed by atoms with Crippen LogP contribution in [0.2, 0.25) is 5.02 Å². The Kier molecular flexibility index (Phi) is 2.70. The maximum Gasteiger partial charge on any atom is 0.200 e. The number of aromatic amines is 1. The molecule has 2 rings (SSSR count). The molecule has 1 aromatic carbocycles. The molecule has 0 saturated heterocycles. The van der Waals surface area contributed by atoms with Gasteiger partial charge in [-0.1, -0.05) is 17.7 Å². The number of aromatic nitrogens is 1. The molecule has 0 bridgehead atoms. The minimum Gasteiger partial charge on any atom is -0.505 e. The summed E-state index contributed by atoms with van der Waals surface area (Å²) < 4.78 is 0. The van der Waals surface area contributed by atoms with E-state index in [0.717, 1.165) is 0 Å². The van der Waals surface area contributed by atoms with Gasteiger partial charge in [-0.05, 0) is 19.1 Å². The molecule has 0 unspecified atom stereocenters. The Morgan fingerprint density at radius 2 is 2.06 bits per heavy atom. The Bertz CT molecular complexity index is 626. The number of hydrogen-bond acceptors (Lipinski definition) is 3. The number of hydrogen-bond donors (Lipinski definition) is 3. The summed E-state index contributed by atoms with van der Waals surface area (Å²) in [6.07, 6.45) is 0. The summed E-state index contributed by atoms with van der Waals surface area (Å²) in [6.45, 7) is 1.64. The number of nitriles is 1. The molecule has 0 atom stereocenters. The van der Waals surface area contributed by atoms with Crippen LogP contribution in [-0.2, 0) is 0 Å². The highest BCUT2D eigenvalue weighted by Crippen LogP contribution is 2.42. The van der Waals surface area contributed by atoms with Crippen molar-refractivity contribution in [3.8, 4) is 28.8 Å². The van der Waals surface area contributed by atoms with Crippen molar-refractivity contribution in [1.29, 1.82) is 5.26 Å². The van der Waals surface area contributed by atoms with E-state index >= 15 is 0 Å². The lowest BCUT2D eigenvalue weighted by atomic mass is 10.1. The number of nitrogens with one attached hydrogen (secondary N) is 1. The first-order chi connectivity index (χ1) is 8.04. The Labute approximate surface area is 103 Å². The van der Waals surface area contributed by atoms with Gasteiger partial charge < -0.3 is 15.2 Å². The largest absolute Gasteiger partial charge is 0.505 e. The molecule has 0 aliphatic rings. The van der Waals surface area contributed by atoms with Gasteiger partial charge in [0, 0.05) is 5.56 Å². The van der Waals surface area contributed by atoms with Gasteiger partial charge in [-0.2, -0.15) is 5.26 Å². The van der Waals surface area contributed by atoms with Crippen LogP contribution in [0.25, 0.3) is 11.1 Å². The minimum atomic E-state index is -0.147. The van der Waals surface area contributed by atoms with Crippen molar-refractivity contribution in [2.45, 2.75) is 6.92 Å². The molecule has 0 amide bonds. The second-order valence-corrected chi connectivity index (χ2v) is 4.04. The van der Waals surface area contributed by atoms with Crippen molar-refractivity contribution in [1.82, 2.24) is 4.98 Å². The molecule has 0 radical (unpaired) electrons. The highest BCUT2D eigenvalue weighted by atomic mass is 35.5. The summed E-state index contributed by atoms with van der Waals surface area (Å²) in [6, 6.07) is 6.61. The summed E-state index contributed by atoms with van der Waals surface area (Å²) in [5.41, 5.74) is 1.60. The summed E-state index contributed by atoms with van der Waals surface area (Å²) >= 11 is 6.01.